The lowest BCUT2D eigenvalue weighted by Crippen LogP contribution is -2.39. The maximum absolute atomic E-state index is 12.8. The monoisotopic (exact) mass is 382 g/mol. The predicted molar refractivity (Wildman–Crippen MR) is 112 cm³/mol. The van der Waals surface area contributed by atoms with Crippen molar-refractivity contribution >= 4 is 23.3 Å². The van der Waals surface area contributed by atoms with E-state index >= 15 is 0 Å². The van der Waals surface area contributed by atoms with Crippen molar-refractivity contribution in [2.75, 3.05) is 7.11 Å². The van der Waals surface area contributed by atoms with Crippen molar-refractivity contribution in [2.24, 2.45) is 7.05 Å². The van der Waals surface area contributed by atoms with Crippen molar-refractivity contribution in [3.8, 4) is 5.75 Å². The lowest BCUT2D eigenvalue weighted by atomic mass is 10.0. The minimum Gasteiger partial charge on any atom is -0.496 e. The highest BCUT2D eigenvalue weighted by atomic mass is 16.5. The van der Waals surface area contributed by atoms with E-state index in [1.165, 1.54) is 4.57 Å². The molecule has 3 aromatic rings. The lowest BCUT2D eigenvalue weighted by Gasteiger charge is -2.10. The van der Waals surface area contributed by atoms with Gasteiger partial charge in [-0.2, -0.15) is 0 Å². The molecule has 0 spiro atoms. The van der Waals surface area contributed by atoms with Gasteiger partial charge in [0.25, 0.3) is 5.56 Å². The van der Waals surface area contributed by atoms with Crippen LogP contribution in [0.5, 0.6) is 5.75 Å². The summed E-state index contributed by atoms with van der Waals surface area (Å²) in [5.74, 6) is 1.47. The summed E-state index contributed by atoms with van der Waals surface area (Å²) in [5.41, 5.74) is 3.48. The summed E-state index contributed by atoms with van der Waals surface area (Å²) in [6.45, 7) is 8.51. The predicted octanol–water partition coefficient (Wildman–Crippen LogP) is 2.73. The van der Waals surface area contributed by atoms with Crippen molar-refractivity contribution < 1.29 is 4.74 Å². The molecule has 1 aromatic carbocycles. The molecule has 0 fully saturated rings. The average molecular weight is 382 g/mol. The maximum Gasteiger partial charge on any atom is 0.332 e. The van der Waals surface area contributed by atoms with Gasteiger partial charge in [0.05, 0.1) is 7.11 Å². The van der Waals surface area contributed by atoms with Gasteiger partial charge in [-0.05, 0) is 56.5 Å². The van der Waals surface area contributed by atoms with E-state index in [0.717, 1.165) is 22.4 Å². The fourth-order valence-electron chi connectivity index (χ4n) is 3.48. The molecule has 148 valence electrons. The third-order valence-corrected chi connectivity index (χ3v) is 5.32. The second-order valence-electron chi connectivity index (χ2n) is 6.72. The molecule has 0 aliphatic rings. The Bertz CT molecular complexity index is 1200. The standard InChI is InChI=1S/C21H26N4O3/c1-7-24-19-18(20(26)25(8-2)21(24)27)23(5)17(22-19)12-10-15-9-11-16(28-6)14(4)13(15)3/h9-12H,7-8H2,1-6H3. The van der Waals surface area contributed by atoms with Crippen LogP contribution in [-0.4, -0.2) is 25.8 Å². The Kier molecular flexibility index (Phi) is 5.27. The van der Waals surface area contributed by atoms with Crippen LogP contribution in [0.1, 0.15) is 36.4 Å². The second kappa shape index (κ2) is 7.50. The van der Waals surface area contributed by atoms with Crippen LogP contribution in [0.4, 0.5) is 0 Å². The van der Waals surface area contributed by atoms with E-state index < -0.39 is 0 Å². The zero-order valence-electron chi connectivity index (χ0n) is 17.2. The van der Waals surface area contributed by atoms with Crippen molar-refractivity contribution in [3.63, 3.8) is 0 Å². The van der Waals surface area contributed by atoms with Gasteiger partial charge in [-0.25, -0.2) is 9.78 Å². The van der Waals surface area contributed by atoms with Crippen LogP contribution in [0, 0.1) is 13.8 Å². The number of hydrogen-bond acceptors (Lipinski definition) is 4. The molecule has 2 aromatic heterocycles. The first-order chi connectivity index (χ1) is 13.3. The Hall–Kier alpha value is -3.09. The first-order valence-electron chi connectivity index (χ1n) is 9.37. The van der Waals surface area contributed by atoms with E-state index in [2.05, 4.69) is 4.98 Å². The summed E-state index contributed by atoms with van der Waals surface area (Å²) in [5, 5.41) is 0. The highest BCUT2D eigenvalue weighted by molar-refractivity contribution is 5.77. The molecule has 0 aliphatic heterocycles. The number of aromatic nitrogens is 4. The van der Waals surface area contributed by atoms with Gasteiger partial charge < -0.3 is 9.30 Å². The summed E-state index contributed by atoms with van der Waals surface area (Å²) in [7, 11) is 3.46. The number of rotatable bonds is 5. The molecular formula is C21H26N4O3. The quantitative estimate of drug-likeness (QED) is 0.680. The fourth-order valence-corrected chi connectivity index (χ4v) is 3.48. The molecule has 7 heteroatoms. The molecule has 0 atom stereocenters. The van der Waals surface area contributed by atoms with Gasteiger partial charge in [0.1, 0.15) is 11.6 Å². The van der Waals surface area contributed by atoms with E-state index in [9.17, 15) is 9.59 Å². The first kappa shape index (κ1) is 19.7. The third kappa shape index (κ3) is 2.96. The number of ether oxygens (including phenoxy) is 1. The summed E-state index contributed by atoms with van der Waals surface area (Å²) in [6, 6.07) is 3.93. The third-order valence-electron chi connectivity index (χ3n) is 5.32. The molecule has 0 saturated heterocycles. The van der Waals surface area contributed by atoms with E-state index in [-0.39, 0.29) is 11.2 Å². The molecule has 0 saturated carbocycles. The number of imidazole rings is 1. The zero-order valence-corrected chi connectivity index (χ0v) is 17.2. The highest BCUT2D eigenvalue weighted by Crippen LogP contribution is 2.25. The fraction of sp³-hybridized carbons (Fsp3) is 0.381. The van der Waals surface area contributed by atoms with Crippen molar-refractivity contribution in [1.29, 1.82) is 0 Å². The summed E-state index contributed by atoms with van der Waals surface area (Å²) in [4.78, 5) is 29.9. The van der Waals surface area contributed by atoms with Crippen LogP contribution < -0.4 is 16.0 Å². The molecular weight excluding hydrogens is 356 g/mol. The van der Waals surface area contributed by atoms with E-state index in [0.29, 0.717) is 30.1 Å². The molecule has 0 aliphatic carbocycles. The van der Waals surface area contributed by atoms with E-state index in [1.807, 2.05) is 45.1 Å². The maximum atomic E-state index is 12.8. The second-order valence-corrected chi connectivity index (χ2v) is 6.72. The molecule has 0 radical (unpaired) electrons. The number of benzene rings is 1. The minimum atomic E-state index is -0.322. The normalized spacial score (nSPS) is 11.6. The van der Waals surface area contributed by atoms with Gasteiger partial charge >= 0.3 is 5.69 Å². The Morgan fingerprint density at radius 3 is 2.32 bits per heavy atom. The Labute approximate surface area is 163 Å². The molecule has 0 amide bonds. The smallest absolute Gasteiger partial charge is 0.332 e. The molecule has 3 rings (SSSR count). The van der Waals surface area contributed by atoms with Crippen LogP contribution in [0.3, 0.4) is 0 Å². The van der Waals surface area contributed by atoms with Crippen molar-refractivity contribution in [2.45, 2.75) is 40.8 Å². The van der Waals surface area contributed by atoms with E-state index in [4.69, 9.17) is 4.74 Å². The molecule has 28 heavy (non-hydrogen) atoms. The van der Waals surface area contributed by atoms with Crippen LogP contribution >= 0.6 is 0 Å². The van der Waals surface area contributed by atoms with Gasteiger partial charge in [0.15, 0.2) is 11.2 Å². The number of methoxy groups -OCH3 is 1. The Morgan fingerprint density at radius 2 is 1.71 bits per heavy atom. The molecule has 0 unspecified atom stereocenters. The molecule has 0 bridgehead atoms. The van der Waals surface area contributed by atoms with Crippen LogP contribution in [0.25, 0.3) is 23.3 Å². The van der Waals surface area contributed by atoms with Crippen LogP contribution in [0.15, 0.2) is 21.7 Å². The minimum absolute atomic E-state index is 0.307. The summed E-state index contributed by atoms with van der Waals surface area (Å²) in [6.07, 6.45) is 3.84. The SMILES string of the molecule is CCn1c(=O)c2c(nc(C=Cc3ccc(OC)c(C)c3C)n2C)n(CC)c1=O. The number of nitrogens with zero attached hydrogens (tertiary/aromatic N) is 4. The highest BCUT2D eigenvalue weighted by Gasteiger charge is 2.17. The zero-order chi connectivity index (χ0) is 20.6. The number of aryl methyl sites for hydroxylation is 2. The lowest BCUT2D eigenvalue weighted by molar-refractivity contribution is 0.411. The molecule has 2 heterocycles. The Morgan fingerprint density at radius 1 is 1.04 bits per heavy atom. The Balaban J connectivity index is 2.18. The van der Waals surface area contributed by atoms with Crippen LogP contribution in [-0.2, 0) is 20.1 Å². The average Bonchev–Trinajstić information content (AvgIpc) is 3.00. The topological polar surface area (TPSA) is 71.1 Å². The van der Waals surface area contributed by atoms with Crippen LogP contribution in [0.2, 0.25) is 0 Å². The van der Waals surface area contributed by atoms with Gasteiger partial charge in [0.2, 0.25) is 0 Å². The van der Waals surface area contributed by atoms with Gasteiger partial charge in [-0.15, -0.1) is 0 Å². The first-order valence-corrected chi connectivity index (χ1v) is 9.37. The molecule has 7 nitrogen and oxygen atoms in total. The van der Waals surface area contributed by atoms with E-state index in [1.54, 1.807) is 30.2 Å². The van der Waals surface area contributed by atoms with Crippen molar-refractivity contribution in [3.05, 3.63) is 55.5 Å². The largest absolute Gasteiger partial charge is 0.496 e. The molecule has 0 N–H and O–H groups in total. The summed E-state index contributed by atoms with van der Waals surface area (Å²) >= 11 is 0. The number of fused-ring (bicyclic) bond motifs is 1. The van der Waals surface area contributed by atoms with Gasteiger partial charge in [-0.1, -0.05) is 12.1 Å². The van der Waals surface area contributed by atoms with Crippen molar-refractivity contribution in [1.82, 2.24) is 18.7 Å². The summed E-state index contributed by atoms with van der Waals surface area (Å²) < 4.78 is 9.90. The van der Waals surface area contributed by atoms with Gasteiger partial charge in [0, 0.05) is 20.1 Å². The van der Waals surface area contributed by atoms with Gasteiger partial charge in [-0.3, -0.25) is 13.9 Å². The number of hydrogen-bond donors (Lipinski definition) is 0.